The van der Waals surface area contributed by atoms with Crippen molar-refractivity contribution in [1.82, 2.24) is 10.6 Å². The number of ether oxygens (including phenoxy) is 1. The van der Waals surface area contributed by atoms with Crippen molar-refractivity contribution in [2.24, 2.45) is 0 Å². The molecule has 0 bridgehead atoms. The smallest absolute Gasteiger partial charge is 0.315 e. The van der Waals surface area contributed by atoms with Gasteiger partial charge in [0.05, 0.1) is 0 Å². The number of hydrogen-bond donors (Lipinski definition) is 2. The molecule has 2 N–H and O–H groups in total. The highest BCUT2D eigenvalue weighted by Crippen LogP contribution is 2.32. The predicted molar refractivity (Wildman–Crippen MR) is 86.9 cm³/mol. The number of amides is 2. The summed E-state index contributed by atoms with van der Waals surface area (Å²) in [7, 11) is 0. The molecule has 1 saturated heterocycles. The number of benzene rings is 1. The molecule has 0 radical (unpaired) electrons. The van der Waals surface area contributed by atoms with Crippen LogP contribution in [0.1, 0.15) is 44.1 Å². The number of rotatable bonds is 4. The van der Waals surface area contributed by atoms with Crippen molar-refractivity contribution in [3.63, 3.8) is 0 Å². The minimum atomic E-state index is -0.0728. The Bertz CT molecular complexity index is 477. The predicted octanol–water partition coefficient (Wildman–Crippen LogP) is 3.02. The Morgan fingerprint density at radius 2 is 1.82 bits per heavy atom. The van der Waals surface area contributed by atoms with Gasteiger partial charge in [-0.15, -0.1) is 0 Å². The second kappa shape index (κ2) is 7.14. The van der Waals surface area contributed by atoms with Gasteiger partial charge in [-0.1, -0.05) is 43.2 Å². The molecular weight excluding hydrogens is 276 g/mol. The third-order valence-electron chi connectivity index (χ3n) is 4.88. The average Bonchev–Trinajstić information content (AvgIpc) is 2.97. The number of nitrogens with one attached hydrogen (secondary N) is 2. The molecule has 0 unspecified atom stereocenters. The summed E-state index contributed by atoms with van der Waals surface area (Å²) < 4.78 is 5.34. The van der Waals surface area contributed by atoms with E-state index in [9.17, 15) is 4.79 Å². The number of carbonyl (C=O) groups excluding carboxylic acids is 1. The third-order valence-corrected chi connectivity index (χ3v) is 4.88. The molecule has 0 aromatic heterocycles. The Labute approximate surface area is 132 Å². The van der Waals surface area contributed by atoms with Gasteiger partial charge in [0.1, 0.15) is 0 Å². The summed E-state index contributed by atoms with van der Waals surface area (Å²) >= 11 is 0. The summed E-state index contributed by atoms with van der Waals surface area (Å²) in [5.41, 5.74) is 1.23. The van der Waals surface area contributed by atoms with Gasteiger partial charge in [-0.05, 0) is 37.7 Å². The van der Waals surface area contributed by atoms with E-state index in [2.05, 4.69) is 34.9 Å². The Hall–Kier alpha value is -1.55. The van der Waals surface area contributed by atoms with Crippen LogP contribution in [0.3, 0.4) is 0 Å². The first-order valence-corrected chi connectivity index (χ1v) is 8.46. The molecule has 4 nitrogen and oxygen atoms in total. The van der Waals surface area contributed by atoms with E-state index in [1.165, 1.54) is 18.4 Å². The fourth-order valence-corrected chi connectivity index (χ4v) is 3.69. The van der Waals surface area contributed by atoms with Crippen molar-refractivity contribution in [3.05, 3.63) is 35.9 Å². The number of urea groups is 1. The zero-order chi connectivity index (χ0) is 15.3. The Kier molecular flexibility index (Phi) is 4.98. The fourth-order valence-electron chi connectivity index (χ4n) is 3.69. The molecule has 1 aliphatic heterocycles. The molecular formula is C18H26N2O2. The van der Waals surface area contributed by atoms with Crippen LogP contribution in [0.2, 0.25) is 0 Å². The quantitative estimate of drug-likeness (QED) is 0.898. The summed E-state index contributed by atoms with van der Waals surface area (Å²) in [5.74, 6) is 0. The minimum absolute atomic E-state index is 0.00951. The molecule has 1 saturated carbocycles. The number of carbonyl (C=O) groups is 1. The van der Waals surface area contributed by atoms with Crippen LogP contribution in [-0.4, -0.2) is 30.8 Å². The molecule has 1 aliphatic carbocycles. The van der Waals surface area contributed by atoms with E-state index in [1.807, 2.05) is 6.07 Å². The molecule has 1 aromatic carbocycles. The maximum Gasteiger partial charge on any atom is 0.315 e. The highest BCUT2D eigenvalue weighted by molar-refractivity contribution is 5.75. The maximum atomic E-state index is 12.4. The normalized spacial score (nSPS) is 21.5. The molecule has 1 aromatic rings. The van der Waals surface area contributed by atoms with Crippen LogP contribution in [0.4, 0.5) is 4.79 Å². The standard InChI is InChI=1S/C18H26N2O2/c21-17(19-16-8-12-22-13-9-16)20-18(10-4-5-11-18)14-15-6-2-1-3-7-15/h1-3,6-7,16H,4-5,8-14H2,(H2,19,20,21). The first kappa shape index (κ1) is 15.3. The van der Waals surface area contributed by atoms with Crippen LogP contribution >= 0.6 is 0 Å². The third kappa shape index (κ3) is 4.01. The highest BCUT2D eigenvalue weighted by atomic mass is 16.5. The van der Waals surface area contributed by atoms with Crippen molar-refractivity contribution in [2.75, 3.05) is 13.2 Å². The molecule has 2 fully saturated rings. The lowest BCUT2D eigenvalue weighted by molar-refractivity contribution is 0.0796. The largest absolute Gasteiger partial charge is 0.381 e. The highest BCUT2D eigenvalue weighted by Gasteiger charge is 2.35. The van der Waals surface area contributed by atoms with E-state index in [0.29, 0.717) is 0 Å². The van der Waals surface area contributed by atoms with E-state index in [-0.39, 0.29) is 17.6 Å². The molecule has 2 aliphatic rings. The van der Waals surface area contributed by atoms with E-state index in [4.69, 9.17) is 4.74 Å². The average molecular weight is 302 g/mol. The van der Waals surface area contributed by atoms with Gasteiger partial charge in [-0.2, -0.15) is 0 Å². The summed E-state index contributed by atoms with van der Waals surface area (Å²) in [6, 6.07) is 10.7. The Morgan fingerprint density at radius 3 is 2.50 bits per heavy atom. The number of hydrogen-bond acceptors (Lipinski definition) is 2. The lowest BCUT2D eigenvalue weighted by Gasteiger charge is -2.32. The maximum absolute atomic E-state index is 12.4. The zero-order valence-corrected chi connectivity index (χ0v) is 13.1. The van der Waals surface area contributed by atoms with Crippen molar-refractivity contribution in [1.29, 1.82) is 0 Å². The lowest BCUT2D eigenvalue weighted by atomic mass is 9.89. The summed E-state index contributed by atoms with van der Waals surface area (Å²) in [6.07, 6.45) is 7.30. The second-order valence-electron chi connectivity index (χ2n) is 6.63. The molecule has 120 valence electrons. The zero-order valence-electron chi connectivity index (χ0n) is 13.1. The van der Waals surface area contributed by atoms with Gasteiger partial charge in [0, 0.05) is 24.8 Å². The monoisotopic (exact) mass is 302 g/mol. The minimum Gasteiger partial charge on any atom is -0.381 e. The van der Waals surface area contributed by atoms with Crippen LogP contribution in [-0.2, 0) is 11.2 Å². The van der Waals surface area contributed by atoms with Crippen LogP contribution < -0.4 is 10.6 Å². The Balaban J connectivity index is 1.59. The molecule has 1 heterocycles. The first-order chi connectivity index (χ1) is 10.8. The molecule has 22 heavy (non-hydrogen) atoms. The lowest BCUT2D eigenvalue weighted by Crippen LogP contribution is -2.54. The van der Waals surface area contributed by atoms with Gasteiger partial charge in [0.25, 0.3) is 0 Å². The summed E-state index contributed by atoms with van der Waals surface area (Å²) in [5, 5.41) is 6.42. The van der Waals surface area contributed by atoms with Gasteiger partial charge < -0.3 is 15.4 Å². The van der Waals surface area contributed by atoms with Gasteiger partial charge >= 0.3 is 6.03 Å². The van der Waals surface area contributed by atoms with E-state index < -0.39 is 0 Å². The van der Waals surface area contributed by atoms with Crippen LogP contribution in [0, 0.1) is 0 Å². The van der Waals surface area contributed by atoms with Gasteiger partial charge in [0.15, 0.2) is 0 Å². The fraction of sp³-hybridized carbons (Fsp3) is 0.611. The Morgan fingerprint density at radius 1 is 1.14 bits per heavy atom. The van der Waals surface area contributed by atoms with Crippen molar-refractivity contribution >= 4 is 6.03 Å². The summed E-state index contributed by atoms with van der Waals surface area (Å²) in [4.78, 5) is 12.4. The van der Waals surface area contributed by atoms with E-state index in [1.54, 1.807) is 0 Å². The van der Waals surface area contributed by atoms with Gasteiger partial charge in [-0.3, -0.25) is 0 Å². The molecule has 2 amide bonds. The molecule has 0 spiro atoms. The van der Waals surface area contributed by atoms with E-state index in [0.717, 1.165) is 45.3 Å². The van der Waals surface area contributed by atoms with Crippen LogP contribution in [0.15, 0.2) is 30.3 Å². The van der Waals surface area contributed by atoms with Crippen LogP contribution in [0.5, 0.6) is 0 Å². The molecule has 3 rings (SSSR count). The first-order valence-electron chi connectivity index (χ1n) is 8.46. The molecule has 4 heteroatoms. The van der Waals surface area contributed by atoms with E-state index >= 15 is 0 Å². The van der Waals surface area contributed by atoms with Crippen molar-refractivity contribution in [3.8, 4) is 0 Å². The SMILES string of the molecule is O=C(NC1CCOCC1)NC1(Cc2ccccc2)CCCC1. The summed E-state index contributed by atoms with van der Waals surface area (Å²) in [6.45, 7) is 1.50. The van der Waals surface area contributed by atoms with Gasteiger partial charge in [0.2, 0.25) is 0 Å². The topological polar surface area (TPSA) is 50.4 Å². The molecule has 0 atom stereocenters. The van der Waals surface area contributed by atoms with Gasteiger partial charge in [-0.25, -0.2) is 4.79 Å². The van der Waals surface area contributed by atoms with Crippen molar-refractivity contribution < 1.29 is 9.53 Å². The van der Waals surface area contributed by atoms with Crippen LogP contribution in [0.25, 0.3) is 0 Å². The second-order valence-corrected chi connectivity index (χ2v) is 6.63. The van der Waals surface area contributed by atoms with Crippen molar-refractivity contribution in [2.45, 2.75) is 56.5 Å².